The number of nitrogens with zero attached hydrogens (tertiary/aromatic N) is 4. The van der Waals surface area contributed by atoms with Gasteiger partial charge < -0.3 is 0 Å². The summed E-state index contributed by atoms with van der Waals surface area (Å²) in [4.78, 5) is 19.2. The number of benzene rings is 2. The number of para-hydroxylation sites is 1. The minimum absolute atomic E-state index is 0.0274. The van der Waals surface area contributed by atoms with Crippen molar-refractivity contribution in [2.24, 2.45) is 5.10 Å². The highest BCUT2D eigenvalue weighted by atomic mass is 32.1. The normalized spacial score (nSPS) is 14.2. The Kier molecular flexibility index (Phi) is 4.77. The van der Waals surface area contributed by atoms with Crippen LogP contribution in [0.3, 0.4) is 0 Å². The molecule has 1 aliphatic rings. The monoisotopic (exact) mass is 364 g/mol. The van der Waals surface area contributed by atoms with Crippen LogP contribution in [0, 0.1) is 0 Å². The molecule has 0 radical (unpaired) electrons. The Hall–Kier alpha value is -2.57. The molecule has 4 rings (SSSR count). The molecule has 5 nitrogen and oxygen atoms in total. The van der Waals surface area contributed by atoms with Crippen LogP contribution < -0.4 is 0 Å². The second-order valence-corrected chi connectivity index (χ2v) is 7.54. The predicted molar refractivity (Wildman–Crippen MR) is 105 cm³/mol. The van der Waals surface area contributed by atoms with Crippen molar-refractivity contribution in [3.05, 3.63) is 65.2 Å². The number of hydrogen-bond acceptors (Lipinski definition) is 5. The van der Waals surface area contributed by atoms with Gasteiger partial charge >= 0.3 is 0 Å². The summed E-state index contributed by atoms with van der Waals surface area (Å²) in [5.74, 6) is 0.0274. The molecule has 2 heterocycles. The van der Waals surface area contributed by atoms with E-state index in [2.05, 4.69) is 16.2 Å². The number of hydrazone groups is 1. The number of fused-ring (bicyclic) bond motifs is 1. The third kappa shape index (κ3) is 3.66. The Morgan fingerprint density at radius 3 is 2.73 bits per heavy atom. The maximum absolute atomic E-state index is 12.6. The van der Waals surface area contributed by atoms with E-state index in [0.717, 1.165) is 28.2 Å². The number of aromatic nitrogens is 1. The minimum Gasteiger partial charge on any atom is -0.291 e. The average Bonchev–Trinajstić information content (AvgIpc) is 3.29. The van der Waals surface area contributed by atoms with Gasteiger partial charge in [-0.1, -0.05) is 42.5 Å². The molecule has 26 heavy (non-hydrogen) atoms. The zero-order valence-corrected chi connectivity index (χ0v) is 15.4. The zero-order chi connectivity index (χ0) is 17.9. The van der Waals surface area contributed by atoms with E-state index in [1.165, 1.54) is 4.70 Å². The summed E-state index contributed by atoms with van der Waals surface area (Å²) in [6, 6.07) is 18.2. The fourth-order valence-electron chi connectivity index (χ4n) is 3.06. The summed E-state index contributed by atoms with van der Waals surface area (Å²) in [7, 11) is 1.95. The molecule has 0 saturated heterocycles. The molecule has 0 unspecified atom stereocenters. The summed E-state index contributed by atoms with van der Waals surface area (Å²) in [5.41, 5.74) is 3.09. The van der Waals surface area contributed by atoms with E-state index in [4.69, 9.17) is 0 Å². The lowest BCUT2D eigenvalue weighted by Crippen LogP contribution is -2.34. The van der Waals surface area contributed by atoms with Crippen LogP contribution in [-0.4, -0.2) is 46.6 Å². The van der Waals surface area contributed by atoms with Crippen molar-refractivity contribution >= 4 is 33.2 Å². The highest BCUT2D eigenvalue weighted by molar-refractivity contribution is 7.18. The zero-order valence-electron chi connectivity index (χ0n) is 14.6. The molecule has 3 aromatic rings. The first-order valence-corrected chi connectivity index (χ1v) is 9.47. The van der Waals surface area contributed by atoms with Gasteiger partial charge in [-0.2, -0.15) is 5.10 Å². The van der Waals surface area contributed by atoms with Crippen LogP contribution in [0.4, 0.5) is 0 Å². The van der Waals surface area contributed by atoms with E-state index in [-0.39, 0.29) is 5.91 Å². The standard InChI is InChI=1S/C20H20N4OS/c1-23(13-19-21-17-9-5-6-10-18(17)26-19)14-20(25)24-12-11-16(22-24)15-7-3-2-4-8-15/h2-10H,11-14H2,1H3. The molecule has 6 heteroatoms. The summed E-state index contributed by atoms with van der Waals surface area (Å²) in [6.45, 7) is 1.65. The molecule has 0 spiro atoms. The molecule has 1 aliphatic heterocycles. The molecule has 1 amide bonds. The summed E-state index contributed by atoms with van der Waals surface area (Å²) < 4.78 is 1.18. The Morgan fingerprint density at radius 2 is 1.92 bits per heavy atom. The van der Waals surface area contributed by atoms with Crippen LogP contribution in [0.25, 0.3) is 10.2 Å². The molecule has 0 saturated carbocycles. The van der Waals surface area contributed by atoms with Crippen molar-refractivity contribution in [2.45, 2.75) is 13.0 Å². The topological polar surface area (TPSA) is 48.8 Å². The third-order valence-electron chi connectivity index (χ3n) is 4.35. The third-order valence-corrected chi connectivity index (χ3v) is 5.37. The van der Waals surface area contributed by atoms with Crippen molar-refractivity contribution in [1.82, 2.24) is 14.9 Å². The highest BCUT2D eigenvalue weighted by Gasteiger charge is 2.22. The minimum atomic E-state index is 0.0274. The van der Waals surface area contributed by atoms with Crippen molar-refractivity contribution in [3.8, 4) is 0 Å². The van der Waals surface area contributed by atoms with Crippen LogP contribution >= 0.6 is 11.3 Å². The highest BCUT2D eigenvalue weighted by Crippen LogP contribution is 2.22. The lowest BCUT2D eigenvalue weighted by atomic mass is 10.1. The van der Waals surface area contributed by atoms with E-state index in [1.807, 2.05) is 60.5 Å². The second kappa shape index (κ2) is 7.35. The average molecular weight is 364 g/mol. The smallest absolute Gasteiger partial charge is 0.256 e. The van der Waals surface area contributed by atoms with Crippen molar-refractivity contribution < 1.29 is 4.79 Å². The number of thiazole rings is 1. The van der Waals surface area contributed by atoms with Gasteiger partial charge in [-0.05, 0) is 24.7 Å². The van der Waals surface area contributed by atoms with Gasteiger partial charge in [0.05, 0.1) is 35.6 Å². The van der Waals surface area contributed by atoms with E-state index < -0.39 is 0 Å². The molecule has 1 aromatic heterocycles. The van der Waals surface area contributed by atoms with Gasteiger partial charge in [-0.3, -0.25) is 9.69 Å². The summed E-state index contributed by atoms with van der Waals surface area (Å²) in [6.07, 6.45) is 0.803. The molecule has 0 atom stereocenters. The Morgan fingerprint density at radius 1 is 1.15 bits per heavy atom. The first-order chi connectivity index (χ1) is 12.7. The number of hydrogen-bond donors (Lipinski definition) is 0. The Labute approximate surface area is 156 Å². The molecule has 2 aromatic carbocycles. The predicted octanol–water partition coefficient (Wildman–Crippen LogP) is 3.36. The molecule has 0 N–H and O–H groups in total. The van der Waals surface area contributed by atoms with Crippen LogP contribution in [0.5, 0.6) is 0 Å². The van der Waals surface area contributed by atoms with Crippen molar-refractivity contribution in [3.63, 3.8) is 0 Å². The van der Waals surface area contributed by atoms with Crippen LogP contribution in [0.15, 0.2) is 59.7 Å². The molecule has 132 valence electrons. The Balaban J connectivity index is 1.37. The van der Waals surface area contributed by atoms with Gasteiger partial charge in [0, 0.05) is 6.42 Å². The largest absolute Gasteiger partial charge is 0.291 e. The van der Waals surface area contributed by atoms with Gasteiger partial charge in [0.25, 0.3) is 5.91 Å². The maximum atomic E-state index is 12.6. The first-order valence-electron chi connectivity index (χ1n) is 8.65. The van der Waals surface area contributed by atoms with Gasteiger partial charge in [-0.15, -0.1) is 11.3 Å². The van der Waals surface area contributed by atoms with Crippen molar-refractivity contribution in [1.29, 1.82) is 0 Å². The van der Waals surface area contributed by atoms with Gasteiger partial charge in [0.15, 0.2) is 0 Å². The fraction of sp³-hybridized carbons (Fsp3) is 0.250. The SMILES string of the molecule is CN(CC(=O)N1CCC(c2ccccc2)=N1)Cc1nc2ccccc2s1. The molecular formula is C20H20N4OS. The van der Waals surface area contributed by atoms with E-state index >= 15 is 0 Å². The molecule has 0 fully saturated rings. The van der Waals surface area contributed by atoms with Gasteiger partial charge in [-0.25, -0.2) is 9.99 Å². The number of rotatable bonds is 5. The van der Waals surface area contributed by atoms with E-state index in [1.54, 1.807) is 16.3 Å². The lowest BCUT2D eigenvalue weighted by molar-refractivity contribution is -0.131. The first kappa shape index (κ1) is 16.9. The van der Waals surface area contributed by atoms with Gasteiger partial charge in [0.2, 0.25) is 0 Å². The molecule has 0 aliphatic carbocycles. The van der Waals surface area contributed by atoms with Gasteiger partial charge in [0.1, 0.15) is 5.01 Å². The Bertz CT molecular complexity index is 918. The van der Waals surface area contributed by atoms with Crippen LogP contribution in [-0.2, 0) is 11.3 Å². The summed E-state index contributed by atoms with van der Waals surface area (Å²) in [5, 5.41) is 7.13. The molecule has 0 bridgehead atoms. The van der Waals surface area contributed by atoms with Crippen LogP contribution in [0.1, 0.15) is 17.0 Å². The maximum Gasteiger partial charge on any atom is 0.256 e. The van der Waals surface area contributed by atoms with Crippen molar-refractivity contribution in [2.75, 3.05) is 20.1 Å². The number of carbonyl (C=O) groups excluding carboxylic acids is 1. The fourth-order valence-corrected chi connectivity index (χ4v) is 4.11. The molecular weight excluding hydrogens is 344 g/mol. The van der Waals surface area contributed by atoms with Crippen LogP contribution in [0.2, 0.25) is 0 Å². The second-order valence-electron chi connectivity index (χ2n) is 6.43. The number of carbonyl (C=O) groups is 1. The quantitative estimate of drug-likeness (QED) is 0.697. The number of likely N-dealkylation sites (N-methyl/N-ethyl adjacent to an activating group) is 1. The summed E-state index contributed by atoms with van der Waals surface area (Å²) >= 11 is 1.68. The lowest BCUT2D eigenvalue weighted by Gasteiger charge is -2.17. The van der Waals surface area contributed by atoms with E-state index in [0.29, 0.717) is 19.6 Å². The van der Waals surface area contributed by atoms with E-state index in [9.17, 15) is 4.79 Å². The number of amides is 1.